The highest BCUT2D eigenvalue weighted by Crippen LogP contribution is 2.22. The van der Waals surface area contributed by atoms with E-state index in [9.17, 15) is 5.11 Å². The molecule has 0 amide bonds. The average Bonchev–Trinajstić information content (AvgIpc) is 3.08. The van der Waals surface area contributed by atoms with E-state index in [1.165, 1.54) is 18.2 Å². The summed E-state index contributed by atoms with van der Waals surface area (Å²) in [6.45, 7) is 5.12. The lowest BCUT2D eigenvalue weighted by molar-refractivity contribution is 0.0325. The average molecular weight is 402 g/mol. The van der Waals surface area contributed by atoms with Crippen molar-refractivity contribution in [1.29, 1.82) is 0 Å². The Morgan fingerprint density at radius 3 is 2.28 bits per heavy atom. The molecule has 160 valence electrons. The van der Waals surface area contributed by atoms with Gasteiger partial charge < -0.3 is 19.7 Å². The van der Waals surface area contributed by atoms with Crippen LogP contribution in [0, 0.1) is 0 Å². The summed E-state index contributed by atoms with van der Waals surface area (Å²) < 4.78 is 9.95. The van der Waals surface area contributed by atoms with E-state index >= 15 is 0 Å². The molecule has 0 radical (unpaired) electrons. The zero-order chi connectivity index (χ0) is 21.0. The van der Waals surface area contributed by atoms with Crippen molar-refractivity contribution in [3.05, 3.63) is 65.7 Å². The molecule has 2 aromatic rings. The molecule has 1 fully saturated rings. The first kappa shape index (κ1) is 23.4. The lowest BCUT2D eigenvalue weighted by Gasteiger charge is -2.18. The van der Waals surface area contributed by atoms with Crippen LogP contribution in [0.15, 0.2) is 54.6 Å². The molecule has 29 heavy (non-hydrogen) atoms. The van der Waals surface area contributed by atoms with Crippen LogP contribution in [0.4, 0.5) is 0 Å². The summed E-state index contributed by atoms with van der Waals surface area (Å²) in [5.41, 5.74) is 2.14. The predicted molar refractivity (Wildman–Crippen MR) is 116 cm³/mol. The Balaban J connectivity index is 0.000000687. The van der Waals surface area contributed by atoms with Gasteiger partial charge in [0.1, 0.15) is 12.5 Å². The van der Waals surface area contributed by atoms with Crippen molar-refractivity contribution in [3.8, 4) is 5.75 Å². The quantitative estimate of drug-likeness (QED) is 0.496. The molecule has 0 bridgehead atoms. The summed E-state index contributed by atoms with van der Waals surface area (Å²) in [5.74, 6) is 0.942. The van der Waals surface area contributed by atoms with Crippen LogP contribution in [0.3, 0.4) is 0 Å². The number of unbranched alkanes of at least 4 members (excludes halogenated alkanes) is 1. The van der Waals surface area contributed by atoms with Crippen LogP contribution in [0.5, 0.6) is 5.75 Å². The van der Waals surface area contributed by atoms with Crippen LogP contribution in [-0.4, -0.2) is 54.3 Å². The maximum atomic E-state index is 10.0. The molecule has 3 rings (SSSR count). The van der Waals surface area contributed by atoms with E-state index in [2.05, 4.69) is 64.2 Å². The zero-order valence-electron chi connectivity index (χ0n) is 17.7. The first-order chi connectivity index (χ1) is 14.0. The number of benzene rings is 2. The fourth-order valence-corrected chi connectivity index (χ4v) is 3.39. The van der Waals surface area contributed by atoms with Crippen LogP contribution >= 0.6 is 0 Å². The van der Waals surface area contributed by atoms with Crippen LogP contribution in [-0.2, 0) is 17.7 Å². The summed E-state index contributed by atoms with van der Waals surface area (Å²) in [4.78, 5) is 2.31. The van der Waals surface area contributed by atoms with Gasteiger partial charge in [-0.2, -0.15) is 0 Å². The molecule has 2 N–H and O–H groups in total. The van der Waals surface area contributed by atoms with Gasteiger partial charge in [0.25, 0.3) is 0 Å². The molecule has 1 aliphatic heterocycles. The van der Waals surface area contributed by atoms with Gasteiger partial charge in [-0.1, -0.05) is 42.5 Å². The van der Waals surface area contributed by atoms with Gasteiger partial charge in [-0.3, -0.25) is 4.90 Å². The van der Waals surface area contributed by atoms with Gasteiger partial charge in [0.2, 0.25) is 0 Å². The minimum Gasteiger partial charge on any atom is -0.494 e. The van der Waals surface area contributed by atoms with Gasteiger partial charge >= 0.3 is 0 Å². The highest BCUT2D eigenvalue weighted by molar-refractivity contribution is 5.27. The summed E-state index contributed by atoms with van der Waals surface area (Å²) in [6.07, 6.45) is 4.19. The topological polar surface area (TPSA) is 62.2 Å². The number of aliphatic hydroxyl groups excluding tert-OH is 1. The molecule has 1 saturated heterocycles. The van der Waals surface area contributed by atoms with E-state index in [4.69, 9.17) is 9.84 Å². The molecule has 0 aliphatic carbocycles. The molecule has 1 unspecified atom stereocenters. The monoisotopic (exact) mass is 401 g/mol. The molecule has 5 heteroatoms. The van der Waals surface area contributed by atoms with Crippen molar-refractivity contribution >= 4 is 0 Å². The fraction of sp³-hybridized carbons (Fsp3) is 0.500. The van der Waals surface area contributed by atoms with Crippen LogP contribution in [0.25, 0.3) is 0 Å². The Morgan fingerprint density at radius 2 is 1.69 bits per heavy atom. The number of likely N-dealkylation sites (tertiary alicyclic amines) is 1. The second-order valence-corrected chi connectivity index (χ2v) is 7.81. The second kappa shape index (κ2) is 12.6. The third-order valence-corrected chi connectivity index (χ3v) is 4.96. The van der Waals surface area contributed by atoms with Crippen molar-refractivity contribution in [2.45, 2.75) is 44.8 Å². The lowest BCUT2D eigenvalue weighted by atomic mass is 10.1. The molecule has 0 aromatic heterocycles. The number of aliphatic hydroxyl groups is 2. The van der Waals surface area contributed by atoms with Crippen molar-refractivity contribution in [1.82, 2.24) is 4.90 Å². The number of rotatable bonds is 9. The van der Waals surface area contributed by atoms with Gasteiger partial charge in [-0.05, 0) is 55.9 Å². The molecule has 2 aromatic carbocycles. The summed E-state index contributed by atoms with van der Waals surface area (Å²) >= 11 is 0. The van der Waals surface area contributed by atoms with Crippen LogP contribution in [0.1, 0.15) is 37.3 Å². The van der Waals surface area contributed by atoms with E-state index < -0.39 is 5.60 Å². The Morgan fingerprint density at radius 1 is 1.00 bits per heavy atom. The van der Waals surface area contributed by atoms with Gasteiger partial charge in [0.05, 0.1) is 12.2 Å². The van der Waals surface area contributed by atoms with Crippen molar-refractivity contribution in [2.75, 3.05) is 33.6 Å². The number of ether oxygens (including phenoxy) is 2. The first-order valence-corrected chi connectivity index (χ1v) is 10.3. The number of nitrogens with zero attached hydrogens (tertiary/aromatic N) is 1. The number of aryl methyl sites for hydroxylation is 1. The molecule has 1 aliphatic rings. The minimum absolute atomic E-state index is 0.181. The van der Waals surface area contributed by atoms with E-state index in [0.29, 0.717) is 0 Å². The van der Waals surface area contributed by atoms with E-state index in [-0.39, 0.29) is 6.79 Å². The van der Waals surface area contributed by atoms with Gasteiger partial charge in [-0.25, -0.2) is 0 Å². The lowest BCUT2D eigenvalue weighted by Crippen LogP contribution is -2.29. The van der Waals surface area contributed by atoms with Gasteiger partial charge in [-0.15, -0.1) is 0 Å². The highest BCUT2D eigenvalue weighted by atomic mass is 16.6. The third-order valence-electron chi connectivity index (χ3n) is 4.96. The van der Waals surface area contributed by atoms with Gasteiger partial charge in [0.15, 0.2) is 0 Å². The second-order valence-electron chi connectivity index (χ2n) is 7.81. The summed E-state index contributed by atoms with van der Waals surface area (Å²) in [7, 11) is 1.43. The number of methoxy groups -OCH3 is 1. The van der Waals surface area contributed by atoms with Crippen molar-refractivity contribution in [2.24, 2.45) is 0 Å². The minimum atomic E-state index is -0.525. The standard InChI is InChI=1S/C22H29NO2.C2H6O2/c1-22(24)14-15-23(18-22)17-20-10-12-21(13-11-20)25-16-6-5-9-19-7-3-2-4-8-19;1-4-2-3/h2-4,7-8,10-13,24H,5-6,9,14-18H2,1H3;3H,2H2,1H3. The Labute approximate surface area is 174 Å². The molecule has 5 nitrogen and oxygen atoms in total. The molecule has 0 spiro atoms. The smallest absolute Gasteiger partial charge is 0.143 e. The SMILES string of the molecule is CC1(O)CCN(Cc2ccc(OCCCCc3ccccc3)cc2)C1.COCO. The molecule has 1 heterocycles. The van der Waals surface area contributed by atoms with E-state index in [1.54, 1.807) is 0 Å². The van der Waals surface area contributed by atoms with Gasteiger partial charge in [0, 0.05) is 26.7 Å². The highest BCUT2D eigenvalue weighted by Gasteiger charge is 2.30. The normalized spacial score (nSPS) is 18.9. The maximum absolute atomic E-state index is 10.0. The first-order valence-electron chi connectivity index (χ1n) is 10.3. The van der Waals surface area contributed by atoms with Crippen LogP contribution < -0.4 is 4.74 Å². The van der Waals surface area contributed by atoms with E-state index in [1.807, 2.05) is 6.92 Å². The Kier molecular flexibility index (Phi) is 10.2. The number of hydrogen-bond acceptors (Lipinski definition) is 5. The summed E-state index contributed by atoms with van der Waals surface area (Å²) in [5, 5.41) is 17.7. The predicted octanol–water partition coefficient (Wildman–Crippen LogP) is 3.63. The third kappa shape index (κ3) is 9.41. The number of hydrogen-bond donors (Lipinski definition) is 2. The molecular formula is C24H35NO4. The molecular weight excluding hydrogens is 366 g/mol. The van der Waals surface area contributed by atoms with Crippen molar-refractivity contribution in [3.63, 3.8) is 0 Å². The fourth-order valence-electron chi connectivity index (χ4n) is 3.39. The largest absolute Gasteiger partial charge is 0.494 e. The van der Waals surface area contributed by atoms with Crippen LogP contribution in [0.2, 0.25) is 0 Å². The van der Waals surface area contributed by atoms with E-state index in [0.717, 1.165) is 57.7 Å². The Hall–Kier alpha value is -1.92. The zero-order valence-corrected chi connectivity index (χ0v) is 17.7. The molecule has 0 saturated carbocycles. The molecule has 1 atom stereocenters. The Bertz CT molecular complexity index is 671. The summed E-state index contributed by atoms with van der Waals surface area (Å²) in [6, 6.07) is 19.0. The number of β-amino-alcohol motifs (C(OH)–C–C–N with tert-alkyl or cyclic N) is 1. The van der Waals surface area contributed by atoms with Crippen molar-refractivity contribution < 1.29 is 19.7 Å². The maximum Gasteiger partial charge on any atom is 0.143 e.